The van der Waals surface area contributed by atoms with Crippen molar-refractivity contribution < 1.29 is 9.72 Å². The molecule has 2 aromatic rings. The number of nitro groups is 1. The van der Waals surface area contributed by atoms with Crippen molar-refractivity contribution in [1.29, 1.82) is 5.26 Å². The molecule has 1 aliphatic rings. The highest BCUT2D eigenvalue weighted by Gasteiger charge is 2.22. The van der Waals surface area contributed by atoms with Gasteiger partial charge in [0.1, 0.15) is 6.07 Å². The summed E-state index contributed by atoms with van der Waals surface area (Å²) in [6, 6.07) is 15.9. The first-order valence-corrected chi connectivity index (χ1v) is 8.54. The lowest BCUT2D eigenvalue weighted by Crippen LogP contribution is -2.48. The summed E-state index contributed by atoms with van der Waals surface area (Å²) in [7, 11) is 0. The Bertz CT molecular complexity index is 911. The van der Waals surface area contributed by atoms with E-state index in [0.29, 0.717) is 31.9 Å². The maximum atomic E-state index is 12.4. The van der Waals surface area contributed by atoms with E-state index < -0.39 is 4.92 Å². The van der Waals surface area contributed by atoms with E-state index in [2.05, 4.69) is 0 Å². The molecule has 0 bridgehead atoms. The van der Waals surface area contributed by atoms with Gasteiger partial charge in [0.2, 0.25) is 5.91 Å². The molecule has 1 aliphatic heterocycles. The predicted molar refractivity (Wildman–Crippen MR) is 102 cm³/mol. The van der Waals surface area contributed by atoms with E-state index in [1.807, 2.05) is 41.3 Å². The SMILES string of the molecule is N#Cc1cc([N+](=O)[O-])ccc1N1CCN(C(=O)/C=C/c2ccccc2)CC1. The van der Waals surface area contributed by atoms with Crippen LogP contribution in [0.15, 0.2) is 54.6 Å². The highest BCUT2D eigenvalue weighted by atomic mass is 16.6. The minimum atomic E-state index is -0.514. The van der Waals surface area contributed by atoms with Crippen LogP contribution in [0.1, 0.15) is 11.1 Å². The molecule has 0 saturated carbocycles. The van der Waals surface area contributed by atoms with E-state index in [-0.39, 0.29) is 17.2 Å². The number of carbonyl (C=O) groups excluding carboxylic acids is 1. The molecule has 136 valence electrons. The Labute approximate surface area is 156 Å². The smallest absolute Gasteiger partial charge is 0.270 e. The molecule has 0 aliphatic carbocycles. The lowest BCUT2D eigenvalue weighted by atomic mass is 10.1. The Morgan fingerprint density at radius 2 is 1.81 bits per heavy atom. The van der Waals surface area contributed by atoms with Crippen LogP contribution in [0.25, 0.3) is 6.08 Å². The van der Waals surface area contributed by atoms with E-state index in [1.54, 1.807) is 23.1 Å². The third-order valence-corrected chi connectivity index (χ3v) is 4.46. The summed E-state index contributed by atoms with van der Waals surface area (Å²) in [6.07, 6.45) is 3.36. The number of amides is 1. The number of nitrogens with zero attached hydrogens (tertiary/aromatic N) is 4. The summed E-state index contributed by atoms with van der Waals surface area (Å²) in [6.45, 7) is 2.19. The number of anilines is 1. The summed E-state index contributed by atoms with van der Waals surface area (Å²) in [5.74, 6) is -0.0530. The Kier molecular flexibility index (Phi) is 5.47. The average Bonchev–Trinajstić information content (AvgIpc) is 2.72. The second-order valence-electron chi connectivity index (χ2n) is 6.13. The Morgan fingerprint density at radius 1 is 1.11 bits per heavy atom. The summed E-state index contributed by atoms with van der Waals surface area (Å²) < 4.78 is 0. The van der Waals surface area contributed by atoms with E-state index in [4.69, 9.17) is 0 Å². The van der Waals surface area contributed by atoms with E-state index in [1.165, 1.54) is 12.1 Å². The van der Waals surface area contributed by atoms with Gasteiger partial charge >= 0.3 is 0 Å². The van der Waals surface area contributed by atoms with E-state index in [0.717, 1.165) is 5.56 Å². The van der Waals surface area contributed by atoms with E-state index in [9.17, 15) is 20.2 Å². The van der Waals surface area contributed by atoms with Crippen molar-refractivity contribution in [2.45, 2.75) is 0 Å². The maximum absolute atomic E-state index is 12.4. The summed E-state index contributed by atoms with van der Waals surface area (Å²) >= 11 is 0. The molecule has 1 amide bonds. The number of carbonyl (C=O) groups is 1. The molecule has 1 heterocycles. The van der Waals surface area contributed by atoms with Gasteiger partial charge in [-0.05, 0) is 17.7 Å². The molecule has 0 unspecified atom stereocenters. The number of rotatable bonds is 4. The molecule has 0 N–H and O–H groups in total. The van der Waals surface area contributed by atoms with Gasteiger partial charge in [-0.15, -0.1) is 0 Å². The second-order valence-corrected chi connectivity index (χ2v) is 6.13. The molecule has 0 aromatic heterocycles. The van der Waals surface area contributed by atoms with Crippen molar-refractivity contribution in [3.05, 3.63) is 75.8 Å². The van der Waals surface area contributed by atoms with Gasteiger partial charge in [0.25, 0.3) is 5.69 Å². The largest absolute Gasteiger partial charge is 0.367 e. The van der Waals surface area contributed by atoms with Gasteiger partial charge < -0.3 is 9.80 Å². The monoisotopic (exact) mass is 362 g/mol. The quantitative estimate of drug-likeness (QED) is 0.474. The first-order valence-electron chi connectivity index (χ1n) is 8.54. The molecule has 0 radical (unpaired) electrons. The van der Waals surface area contributed by atoms with Gasteiger partial charge in [-0.25, -0.2) is 0 Å². The van der Waals surface area contributed by atoms with Crippen LogP contribution in [0.3, 0.4) is 0 Å². The third-order valence-electron chi connectivity index (χ3n) is 4.46. The Balaban J connectivity index is 1.64. The molecule has 3 rings (SSSR count). The number of hydrogen-bond donors (Lipinski definition) is 0. The predicted octanol–water partition coefficient (Wildman–Crippen LogP) is 2.83. The first-order chi connectivity index (χ1) is 13.1. The number of benzene rings is 2. The normalized spacial score (nSPS) is 14.2. The Morgan fingerprint density at radius 3 is 2.44 bits per heavy atom. The van der Waals surface area contributed by atoms with E-state index >= 15 is 0 Å². The molecule has 7 nitrogen and oxygen atoms in total. The summed E-state index contributed by atoms with van der Waals surface area (Å²) in [5, 5.41) is 20.2. The van der Waals surface area contributed by atoms with Gasteiger partial charge in [-0.3, -0.25) is 14.9 Å². The molecule has 0 spiro atoms. The van der Waals surface area contributed by atoms with Crippen molar-refractivity contribution >= 4 is 23.4 Å². The number of nitro benzene ring substituents is 1. The minimum absolute atomic E-state index is 0.0530. The molecule has 1 fully saturated rings. The van der Waals surface area contributed by atoms with Gasteiger partial charge in [-0.1, -0.05) is 30.3 Å². The van der Waals surface area contributed by atoms with Crippen molar-refractivity contribution in [2.24, 2.45) is 0 Å². The fourth-order valence-electron chi connectivity index (χ4n) is 3.01. The topological polar surface area (TPSA) is 90.5 Å². The van der Waals surface area contributed by atoms with Crippen LogP contribution in [0.5, 0.6) is 0 Å². The zero-order chi connectivity index (χ0) is 19.2. The van der Waals surface area contributed by atoms with Gasteiger partial charge in [-0.2, -0.15) is 5.26 Å². The Hall–Kier alpha value is -3.66. The zero-order valence-corrected chi connectivity index (χ0v) is 14.6. The number of piperazine rings is 1. The van der Waals surface area contributed by atoms with Crippen LogP contribution < -0.4 is 4.90 Å². The molecule has 7 heteroatoms. The van der Waals surface area contributed by atoms with Crippen LogP contribution in [-0.4, -0.2) is 41.9 Å². The van der Waals surface area contributed by atoms with Crippen LogP contribution in [0.4, 0.5) is 11.4 Å². The van der Waals surface area contributed by atoms with Crippen LogP contribution in [-0.2, 0) is 4.79 Å². The molecule has 27 heavy (non-hydrogen) atoms. The molecule has 2 aromatic carbocycles. The summed E-state index contributed by atoms with van der Waals surface area (Å²) in [5.41, 5.74) is 1.80. The fourth-order valence-corrected chi connectivity index (χ4v) is 3.01. The first kappa shape index (κ1) is 18.1. The van der Waals surface area contributed by atoms with Crippen molar-refractivity contribution in [1.82, 2.24) is 4.90 Å². The highest BCUT2D eigenvalue weighted by molar-refractivity contribution is 5.92. The van der Waals surface area contributed by atoms with Crippen molar-refractivity contribution in [3.63, 3.8) is 0 Å². The fraction of sp³-hybridized carbons (Fsp3) is 0.200. The molecular formula is C20H18N4O3. The van der Waals surface area contributed by atoms with Crippen molar-refractivity contribution in [2.75, 3.05) is 31.1 Å². The lowest BCUT2D eigenvalue weighted by Gasteiger charge is -2.36. The van der Waals surface area contributed by atoms with Crippen LogP contribution in [0.2, 0.25) is 0 Å². The van der Waals surface area contributed by atoms with Crippen LogP contribution >= 0.6 is 0 Å². The van der Waals surface area contributed by atoms with Crippen molar-refractivity contribution in [3.8, 4) is 6.07 Å². The van der Waals surface area contributed by atoms with Crippen LogP contribution in [0, 0.1) is 21.4 Å². The molecular weight excluding hydrogens is 344 g/mol. The highest BCUT2D eigenvalue weighted by Crippen LogP contribution is 2.26. The maximum Gasteiger partial charge on any atom is 0.270 e. The minimum Gasteiger partial charge on any atom is -0.367 e. The zero-order valence-electron chi connectivity index (χ0n) is 14.6. The standard InChI is InChI=1S/C20H18N4O3/c21-15-17-14-18(24(26)27)7-8-19(17)22-10-12-23(13-11-22)20(25)9-6-16-4-2-1-3-5-16/h1-9,14H,10-13H2/b9-6+. The number of nitriles is 1. The van der Waals surface area contributed by atoms with Gasteiger partial charge in [0.05, 0.1) is 16.2 Å². The second kappa shape index (κ2) is 8.15. The lowest BCUT2D eigenvalue weighted by molar-refractivity contribution is -0.384. The molecule has 0 atom stereocenters. The average molecular weight is 362 g/mol. The van der Waals surface area contributed by atoms with Gasteiger partial charge in [0, 0.05) is 44.4 Å². The number of non-ortho nitro benzene ring substituents is 1. The molecule has 1 saturated heterocycles. The summed E-state index contributed by atoms with van der Waals surface area (Å²) in [4.78, 5) is 26.4. The van der Waals surface area contributed by atoms with Gasteiger partial charge in [0.15, 0.2) is 0 Å². The number of hydrogen-bond acceptors (Lipinski definition) is 5. The third kappa shape index (κ3) is 4.30.